The first-order valence-electron chi connectivity index (χ1n) is 4.61. The second-order valence-electron chi connectivity index (χ2n) is 3.11. The van der Waals surface area contributed by atoms with Crippen LogP contribution >= 0.6 is 0 Å². The van der Waals surface area contributed by atoms with Crippen molar-refractivity contribution >= 4 is 0 Å². The largest absolute Gasteiger partial charge is 0.493 e. The summed E-state index contributed by atoms with van der Waals surface area (Å²) in [7, 11) is 0. The summed E-state index contributed by atoms with van der Waals surface area (Å²) in [6.45, 7) is 4.91. The number of hydrogen-bond acceptors (Lipinski definition) is 2. The maximum atomic E-state index is 8.89. The number of aliphatic hydroxyl groups is 1. The average molecular weight is 180 g/mol. The first kappa shape index (κ1) is 10.1. The van der Waals surface area contributed by atoms with E-state index in [2.05, 4.69) is 6.92 Å². The van der Waals surface area contributed by atoms with Gasteiger partial charge in [-0.2, -0.15) is 0 Å². The molecule has 0 aliphatic carbocycles. The van der Waals surface area contributed by atoms with Crippen LogP contribution in [0.4, 0.5) is 0 Å². The summed E-state index contributed by atoms with van der Waals surface area (Å²) < 4.78 is 5.50. The molecule has 2 heteroatoms. The molecule has 1 aromatic rings. The Bertz CT molecular complexity index is 269. The van der Waals surface area contributed by atoms with Gasteiger partial charge in [-0.25, -0.2) is 0 Å². The molecule has 1 aromatic carbocycles. The molecule has 0 aromatic heterocycles. The van der Waals surface area contributed by atoms with Gasteiger partial charge in [0.05, 0.1) is 13.2 Å². The molecule has 0 bridgehead atoms. The van der Waals surface area contributed by atoms with Crippen molar-refractivity contribution in [2.45, 2.75) is 26.9 Å². The van der Waals surface area contributed by atoms with Gasteiger partial charge in [0.15, 0.2) is 0 Å². The monoisotopic (exact) mass is 180 g/mol. The summed E-state index contributed by atoms with van der Waals surface area (Å²) in [5.74, 6) is 0.916. The highest BCUT2D eigenvalue weighted by Crippen LogP contribution is 2.19. The predicted octanol–water partition coefficient (Wildman–Crippen LogP) is 2.28. The summed E-state index contributed by atoms with van der Waals surface area (Å²) in [5.41, 5.74) is 2.02. The van der Waals surface area contributed by atoms with Crippen molar-refractivity contribution in [3.05, 3.63) is 29.3 Å². The van der Waals surface area contributed by atoms with Crippen LogP contribution in [0.2, 0.25) is 0 Å². The summed E-state index contributed by atoms with van der Waals surface area (Å²) in [5, 5.41) is 8.89. The number of aliphatic hydroxyl groups excluding tert-OH is 1. The lowest BCUT2D eigenvalue weighted by Gasteiger charge is -2.08. The second kappa shape index (κ2) is 4.87. The lowest BCUT2D eigenvalue weighted by molar-refractivity contribution is 0.281. The van der Waals surface area contributed by atoms with Crippen LogP contribution in [0, 0.1) is 6.92 Å². The van der Waals surface area contributed by atoms with Gasteiger partial charge in [0, 0.05) is 0 Å². The fraction of sp³-hybridized carbons (Fsp3) is 0.455. The van der Waals surface area contributed by atoms with Gasteiger partial charge in [0.2, 0.25) is 0 Å². The molecule has 0 saturated heterocycles. The molecule has 1 N–H and O–H groups in total. The zero-order chi connectivity index (χ0) is 9.68. The number of aryl methyl sites for hydroxylation is 1. The first-order chi connectivity index (χ1) is 6.27. The Morgan fingerprint density at radius 1 is 1.38 bits per heavy atom. The normalized spacial score (nSPS) is 10.1. The SMILES string of the molecule is CCCOc1ccc(CO)cc1C. The smallest absolute Gasteiger partial charge is 0.122 e. The van der Waals surface area contributed by atoms with Crippen molar-refractivity contribution in [1.82, 2.24) is 0 Å². The summed E-state index contributed by atoms with van der Waals surface area (Å²) in [6.07, 6.45) is 1.02. The Labute approximate surface area is 79.2 Å². The third-order valence-corrected chi connectivity index (χ3v) is 1.88. The van der Waals surface area contributed by atoms with E-state index in [1.807, 2.05) is 25.1 Å². The van der Waals surface area contributed by atoms with Crippen molar-refractivity contribution in [2.75, 3.05) is 6.61 Å². The molecule has 0 amide bonds. The van der Waals surface area contributed by atoms with Gasteiger partial charge < -0.3 is 9.84 Å². The molecule has 0 heterocycles. The van der Waals surface area contributed by atoms with Crippen molar-refractivity contribution in [2.24, 2.45) is 0 Å². The molecule has 0 aliphatic heterocycles. The number of benzene rings is 1. The molecule has 72 valence electrons. The highest BCUT2D eigenvalue weighted by atomic mass is 16.5. The Morgan fingerprint density at radius 2 is 2.15 bits per heavy atom. The maximum Gasteiger partial charge on any atom is 0.122 e. The van der Waals surface area contributed by atoms with E-state index in [0.717, 1.165) is 29.9 Å². The number of hydrogen-bond donors (Lipinski definition) is 1. The van der Waals surface area contributed by atoms with Crippen molar-refractivity contribution in [3.63, 3.8) is 0 Å². The Balaban J connectivity index is 2.73. The zero-order valence-electron chi connectivity index (χ0n) is 8.21. The molecule has 0 atom stereocenters. The molecular formula is C11H16O2. The van der Waals surface area contributed by atoms with Crippen molar-refractivity contribution in [3.8, 4) is 5.75 Å². The Kier molecular flexibility index (Phi) is 3.77. The van der Waals surface area contributed by atoms with E-state index in [9.17, 15) is 0 Å². The van der Waals surface area contributed by atoms with Crippen LogP contribution in [-0.4, -0.2) is 11.7 Å². The van der Waals surface area contributed by atoms with E-state index in [1.54, 1.807) is 0 Å². The highest BCUT2D eigenvalue weighted by molar-refractivity contribution is 5.35. The fourth-order valence-electron chi connectivity index (χ4n) is 1.18. The van der Waals surface area contributed by atoms with Crippen LogP contribution in [0.1, 0.15) is 24.5 Å². The minimum Gasteiger partial charge on any atom is -0.493 e. The van der Waals surface area contributed by atoms with Crippen LogP contribution in [-0.2, 0) is 6.61 Å². The Morgan fingerprint density at radius 3 is 2.69 bits per heavy atom. The van der Waals surface area contributed by atoms with Crippen LogP contribution < -0.4 is 4.74 Å². The molecule has 1 rings (SSSR count). The van der Waals surface area contributed by atoms with Gasteiger partial charge in [0.1, 0.15) is 5.75 Å². The molecule has 0 spiro atoms. The van der Waals surface area contributed by atoms with E-state index < -0.39 is 0 Å². The minimum atomic E-state index is 0.0922. The van der Waals surface area contributed by atoms with Gasteiger partial charge in [-0.1, -0.05) is 19.1 Å². The quantitative estimate of drug-likeness (QED) is 0.770. The highest BCUT2D eigenvalue weighted by Gasteiger charge is 1.99. The lowest BCUT2D eigenvalue weighted by Crippen LogP contribution is -1.97. The van der Waals surface area contributed by atoms with Crippen LogP contribution in [0.3, 0.4) is 0 Å². The molecule has 0 saturated carbocycles. The Hall–Kier alpha value is -1.02. The van der Waals surface area contributed by atoms with E-state index in [1.165, 1.54) is 0 Å². The van der Waals surface area contributed by atoms with E-state index >= 15 is 0 Å². The van der Waals surface area contributed by atoms with Gasteiger partial charge in [-0.05, 0) is 30.5 Å². The first-order valence-corrected chi connectivity index (χ1v) is 4.61. The topological polar surface area (TPSA) is 29.5 Å². The third kappa shape index (κ3) is 2.74. The van der Waals surface area contributed by atoms with Crippen molar-refractivity contribution in [1.29, 1.82) is 0 Å². The molecule has 0 aliphatic rings. The van der Waals surface area contributed by atoms with Gasteiger partial charge in [-0.3, -0.25) is 0 Å². The molecule has 0 fully saturated rings. The summed E-state index contributed by atoms with van der Waals surface area (Å²) >= 11 is 0. The molecule has 0 radical (unpaired) electrons. The van der Waals surface area contributed by atoms with Crippen molar-refractivity contribution < 1.29 is 9.84 Å². The van der Waals surface area contributed by atoms with E-state index in [0.29, 0.717) is 0 Å². The average Bonchev–Trinajstić information content (AvgIpc) is 2.16. The van der Waals surface area contributed by atoms with E-state index in [-0.39, 0.29) is 6.61 Å². The molecule has 2 nitrogen and oxygen atoms in total. The van der Waals surface area contributed by atoms with E-state index in [4.69, 9.17) is 9.84 Å². The van der Waals surface area contributed by atoms with Crippen LogP contribution in [0.25, 0.3) is 0 Å². The minimum absolute atomic E-state index is 0.0922. The van der Waals surface area contributed by atoms with Gasteiger partial charge in [-0.15, -0.1) is 0 Å². The standard InChI is InChI=1S/C11H16O2/c1-3-6-13-11-5-4-10(8-12)7-9(11)2/h4-5,7,12H,3,6,8H2,1-2H3. The lowest BCUT2D eigenvalue weighted by atomic mass is 10.1. The van der Waals surface area contributed by atoms with Crippen LogP contribution in [0.5, 0.6) is 5.75 Å². The molecule has 0 unspecified atom stereocenters. The number of rotatable bonds is 4. The third-order valence-electron chi connectivity index (χ3n) is 1.88. The summed E-state index contributed by atoms with van der Waals surface area (Å²) in [6, 6.07) is 5.75. The van der Waals surface area contributed by atoms with Gasteiger partial charge >= 0.3 is 0 Å². The molecule has 13 heavy (non-hydrogen) atoms. The fourth-order valence-corrected chi connectivity index (χ4v) is 1.18. The molecular weight excluding hydrogens is 164 g/mol. The van der Waals surface area contributed by atoms with Crippen LogP contribution in [0.15, 0.2) is 18.2 Å². The second-order valence-corrected chi connectivity index (χ2v) is 3.11. The predicted molar refractivity (Wildman–Crippen MR) is 52.9 cm³/mol. The number of ether oxygens (including phenoxy) is 1. The zero-order valence-corrected chi connectivity index (χ0v) is 8.21. The summed E-state index contributed by atoms with van der Waals surface area (Å²) in [4.78, 5) is 0. The maximum absolute atomic E-state index is 8.89. The van der Waals surface area contributed by atoms with Gasteiger partial charge in [0.25, 0.3) is 0 Å².